The third-order valence-corrected chi connectivity index (χ3v) is 5.93. The Hall–Kier alpha value is -1.80. The summed E-state index contributed by atoms with van der Waals surface area (Å²) in [6, 6.07) is 4.54. The highest BCUT2D eigenvalue weighted by atomic mass is 32.2. The number of halogens is 1. The van der Waals surface area contributed by atoms with Crippen molar-refractivity contribution in [2.24, 2.45) is 5.92 Å². The molecule has 1 aromatic carbocycles. The molecule has 2 aliphatic rings. The first kappa shape index (κ1) is 20.9. The molecule has 2 fully saturated rings. The maximum Gasteiger partial charge on any atom is 0.324 e. The number of rotatable bonds is 12. The Morgan fingerprint density at radius 2 is 2.14 bits per heavy atom. The third-order valence-electron chi connectivity index (χ3n) is 4.92. The van der Waals surface area contributed by atoms with Crippen LogP contribution in [0.4, 0.5) is 9.18 Å². The maximum absolute atomic E-state index is 14.1. The van der Waals surface area contributed by atoms with Crippen molar-refractivity contribution in [3.8, 4) is 5.75 Å². The second-order valence-electron chi connectivity index (χ2n) is 7.46. The fourth-order valence-electron chi connectivity index (χ4n) is 3.01. The summed E-state index contributed by atoms with van der Waals surface area (Å²) in [6.45, 7) is 3.43. The Morgan fingerprint density at radius 1 is 1.32 bits per heavy atom. The van der Waals surface area contributed by atoms with Crippen molar-refractivity contribution in [1.29, 1.82) is 0 Å². The van der Waals surface area contributed by atoms with Crippen molar-refractivity contribution >= 4 is 23.9 Å². The normalized spacial score (nSPS) is 17.7. The largest absolute Gasteiger partial charge is 0.493 e. The van der Waals surface area contributed by atoms with E-state index in [1.807, 2.05) is 6.92 Å². The van der Waals surface area contributed by atoms with Gasteiger partial charge in [-0.2, -0.15) is 0 Å². The van der Waals surface area contributed by atoms with Crippen LogP contribution in [0, 0.1) is 11.7 Å². The Bertz CT molecular complexity index is 699. The van der Waals surface area contributed by atoms with Gasteiger partial charge in [-0.3, -0.25) is 14.8 Å². The molecule has 1 heterocycles. The summed E-state index contributed by atoms with van der Waals surface area (Å²) in [4.78, 5) is 24.1. The number of hydrogen-bond donors (Lipinski definition) is 2. The second kappa shape index (κ2) is 10.1. The number of carbonyl (C=O) groups is 2. The number of amides is 3. The van der Waals surface area contributed by atoms with Gasteiger partial charge in [0.1, 0.15) is 18.1 Å². The van der Waals surface area contributed by atoms with Crippen LogP contribution in [0.5, 0.6) is 5.75 Å². The van der Waals surface area contributed by atoms with Gasteiger partial charge in [-0.05, 0) is 56.7 Å². The van der Waals surface area contributed by atoms with Crippen LogP contribution in [0.3, 0.4) is 0 Å². The van der Waals surface area contributed by atoms with E-state index in [2.05, 4.69) is 10.0 Å². The molecule has 1 aromatic rings. The molecule has 3 amide bonds. The van der Waals surface area contributed by atoms with Crippen LogP contribution < -0.4 is 14.8 Å². The first-order valence-electron chi connectivity index (χ1n) is 9.91. The molecule has 0 spiro atoms. The first-order chi connectivity index (χ1) is 13.5. The zero-order valence-electron chi connectivity index (χ0n) is 16.2. The summed E-state index contributed by atoms with van der Waals surface area (Å²) >= 11 is 1.58. The summed E-state index contributed by atoms with van der Waals surface area (Å²) in [5, 5.41) is 2.28. The summed E-state index contributed by atoms with van der Waals surface area (Å²) in [5.74, 6) is 1.84. The molecule has 1 atom stereocenters. The lowest BCUT2D eigenvalue weighted by atomic mass is 10.1. The first-order valence-corrected chi connectivity index (χ1v) is 10.9. The number of urea groups is 1. The van der Waals surface area contributed by atoms with Gasteiger partial charge in [-0.25, -0.2) is 9.18 Å². The number of imide groups is 1. The average Bonchev–Trinajstić information content (AvgIpc) is 3.44. The van der Waals surface area contributed by atoms with Gasteiger partial charge in [0.25, 0.3) is 0 Å². The van der Waals surface area contributed by atoms with E-state index < -0.39 is 0 Å². The zero-order valence-corrected chi connectivity index (χ0v) is 17.0. The van der Waals surface area contributed by atoms with E-state index in [9.17, 15) is 14.0 Å². The molecule has 3 rings (SSSR count). The van der Waals surface area contributed by atoms with Crippen LogP contribution in [-0.2, 0) is 4.79 Å². The molecule has 6 nitrogen and oxygen atoms in total. The van der Waals surface area contributed by atoms with E-state index in [4.69, 9.17) is 4.74 Å². The van der Waals surface area contributed by atoms with E-state index in [1.54, 1.807) is 24.1 Å². The molecule has 1 saturated carbocycles. The van der Waals surface area contributed by atoms with Gasteiger partial charge < -0.3 is 9.64 Å². The van der Waals surface area contributed by atoms with Crippen LogP contribution in [0.15, 0.2) is 18.2 Å². The van der Waals surface area contributed by atoms with Crippen LogP contribution in [0.25, 0.3) is 0 Å². The highest BCUT2D eigenvalue weighted by Crippen LogP contribution is 2.30. The number of nitrogens with zero attached hydrogens (tertiary/aromatic N) is 1. The Morgan fingerprint density at radius 3 is 2.86 bits per heavy atom. The van der Waals surface area contributed by atoms with E-state index in [0.717, 1.165) is 37.4 Å². The summed E-state index contributed by atoms with van der Waals surface area (Å²) in [7, 11) is 0. The minimum Gasteiger partial charge on any atom is -0.493 e. The lowest BCUT2D eigenvalue weighted by Gasteiger charge is -2.16. The molecular formula is C20H28FN3O3S. The molecular weight excluding hydrogens is 381 g/mol. The minimum absolute atomic E-state index is 0.117. The van der Waals surface area contributed by atoms with Gasteiger partial charge in [0, 0.05) is 23.9 Å². The fraction of sp³-hybridized carbons (Fsp3) is 0.600. The molecule has 0 radical (unpaired) electrons. The number of benzene rings is 1. The van der Waals surface area contributed by atoms with Crippen molar-refractivity contribution in [3.05, 3.63) is 29.6 Å². The van der Waals surface area contributed by atoms with Gasteiger partial charge in [0.2, 0.25) is 5.91 Å². The summed E-state index contributed by atoms with van der Waals surface area (Å²) in [5.41, 5.74) is 0.616. The second-order valence-corrected chi connectivity index (χ2v) is 8.39. The van der Waals surface area contributed by atoms with Gasteiger partial charge in [-0.1, -0.05) is 18.4 Å². The van der Waals surface area contributed by atoms with E-state index in [1.165, 1.54) is 23.8 Å². The number of hydrogen-bond acceptors (Lipinski definition) is 5. The van der Waals surface area contributed by atoms with Gasteiger partial charge in [0.05, 0.1) is 6.61 Å². The number of ether oxygens (including phenoxy) is 1. The highest BCUT2D eigenvalue weighted by Gasteiger charge is 2.25. The molecule has 1 aliphatic heterocycles. The van der Waals surface area contributed by atoms with Crippen LogP contribution >= 0.6 is 11.9 Å². The van der Waals surface area contributed by atoms with Gasteiger partial charge >= 0.3 is 6.03 Å². The molecule has 8 heteroatoms. The minimum atomic E-state index is -0.291. The van der Waals surface area contributed by atoms with Crippen molar-refractivity contribution in [3.63, 3.8) is 0 Å². The standard InChI is InChI=1S/C20H28FN3O3S/c1-14(17-11-16(7-8-18(17)21)27-13-15-5-6-15)23-28-10-4-2-3-9-24-12-19(25)22-20(24)26/h7-8,11,14-15,23H,2-6,9-10,12-13H2,1H3,(H,22,25,26). The van der Waals surface area contributed by atoms with Crippen LogP contribution in [0.1, 0.15) is 50.6 Å². The lowest BCUT2D eigenvalue weighted by Crippen LogP contribution is -2.29. The predicted molar refractivity (Wildman–Crippen MR) is 108 cm³/mol. The Labute approximate surface area is 169 Å². The smallest absolute Gasteiger partial charge is 0.324 e. The van der Waals surface area contributed by atoms with Crippen molar-refractivity contribution in [1.82, 2.24) is 14.9 Å². The number of nitrogens with one attached hydrogen (secondary N) is 2. The van der Waals surface area contributed by atoms with E-state index >= 15 is 0 Å². The van der Waals surface area contributed by atoms with Crippen molar-refractivity contribution in [2.75, 3.05) is 25.4 Å². The lowest BCUT2D eigenvalue weighted by molar-refractivity contribution is -0.118. The van der Waals surface area contributed by atoms with Crippen LogP contribution in [0.2, 0.25) is 0 Å². The Balaban J connectivity index is 1.30. The fourth-order valence-corrected chi connectivity index (χ4v) is 3.85. The zero-order chi connectivity index (χ0) is 19.9. The molecule has 1 aliphatic carbocycles. The van der Waals surface area contributed by atoms with Crippen molar-refractivity contribution < 1.29 is 18.7 Å². The van der Waals surface area contributed by atoms with Crippen molar-refractivity contribution in [2.45, 2.75) is 45.1 Å². The predicted octanol–water partition coefficient (Wildman–Crippen LogP) is 3.64. The summed E-state index contributed by atoms with van der Waals surface area (Å²) < 4.78 is 23.2. The summed E-state index contributed by atoms with van der Waals surface area (Å²) in [6.07, 6.45) is 5.28. The number of unbranched alkanes of at least 4 members (excludes halogenated alkanes) is 2. The van der Waals surface area contributed by atoms with E-state index in [0.29, 0.717) is 18.0 Å². The molecule has 0 aromatic heterocycles. The molecule has 1 saturated heterocycles. The molecule has 154 valence electrons. The van der Waals surface area contributed by atoms with Crippen LogP contribution in [-0.4, -0.2) is 42.3 Å². The number of carbonyl (C=O) groups excluding carboxylic acids is 2. The Kier molecular flexibility index (Phi) is 7.56. The molecule has 2 N–H and O–H groups in total. The quantitative estimate of drug-likeness (QED) is 0.313. The van der Waals surface area contributed by atoms with E-state index in [-0.39, 0.29) is 30.3 Å². The average molecular weight is 410 g/mol. The topological polar surface area (TPSA) is 70.7 Å². The molecule has 0 bridgehead atoms. The monoisotopic (exact) mass is 409 g/mol. The SMILES string of the molecule is CC(NSCCCCCN1CC(=O)NC1=O)c1cc(OCC2CC2)ccc1F. The third kappa shape index (κ3) is 6.38. The van der Waals surface area contributed by atoms with Gasteiger partial charge in [-0.15, -0.1) is 0 Å². The maximum atomic E-state index is 14.1. The molecule has 28 heavy (non-hydrogen) atoms. The highest BCUT2D eigenvalue weighted by molar-refractivity contribution is 7.97. The molecule has 1 unspecified atom stereocenters. The van der Waals surface area contributed by atoms with Gasteiger partial charge in [0.15, 0.2) is 0 Å².